The first kappa shape index (κ1) is 15.5. The van der Waals surface area contributed by atoms with Crippen molar-refractivity contribution < 1.29 is 4.92 Å². The van der Waals surface area contributed by atoms with Gasteiger partial charge in [-0.1, -0.05) is 23.8 Å². The number of benzene rings is 2. The van der Waals surface area contributed by atoms with Gasteiger partial charge in [0.15, 0.2) is 0 Å². The highest BCUT2D eigenvalue weighted by molar-refractivity contribution is 9.10. The molecule has 0 aliphatic rings. The maximum Gasteiger partial charge on any atom is 0.283 e. The predicted octanol–water partition coefficient (Wildman–Crippen LogP) is 4.89. The molecule has 0 saturated heterocycles. The Labute approximate surface area is 132 Å². The Morgan fingerprint density at radius 1 is 1.14 bits per heavy atom. The molecule has 0 saturated carbocycles. The summed E-state index contributed by atoms with van der Waals surface area (Å²) in [5, 5.41) is 14.3. The highest BCUT2D eigenvalue weighted by Crippen LogP contribution is 2.27. The van der Waals surface area contributed by atoms with Gasteiger partial charge in [0.1, 0.15) is 0 Å². The number of nitro groups is 1. The van der Waals surface area contributed by atoms with E-state index < -0.39 is 0 Å². The van der Waals surface area contributed by atoms with Crippen LogP contribution in [0.15, 0.2) is 34.8 Å². The van der Waals surface area contributed by atoms with Gasteiger partial charge in [0, 0.05) is 18.3 Å². The Morgan fingerprint density at radius 2 is 1.76 bits per heavy atom. The second-order valence-electron chi connectivity index (χ2n) is 5.17. The van der Waals surface area contributed by atoms with Gasteiger partial charge in [-0.3, -0.25) is 10.1 Å². The molecular weight excluding hydrogens is 332 g/mol. The van der Waals surface area contributed by atoms with Gasteiger partial charge in [0.25, 0.3) is 5.69 Å². The minimum absolute atomic E-state index is 0.0895. The summed E-state index contributed by atoms with van der Waals surface area (Å²) in [6.45, 7) is 6.75. The first-order valence-corrected chi connectivity index (χ1v) is 7.42. The molecule has 2 aromatic carbocycles. The number of nitrogens with one attached hydrogen (secondary N) is 1. The molecule has 110 valence electrons. The molecule has 0 heterocycles. The van der Waals surface area contributed by atoms with Crippen LogP contribution < -0.4 is 5.32 Å². The van der Waals surface area contributed by atoms with E-state index in [-0.39, 0.29) is 10.6 Å². The zero-order valence-corrected chi connectivity index (χ0v) is 13.8. The number of halogens is 1. The molecule has 0 radical (unpaired) electrons. The van der Waals surface area contributed by atoms with Crippen molar-refractivity contribution in [3.05, 3.63) is 67.2 Å². The normalized spacial score (nSPS) is 10.5. The van der Waals surface area contributed by atoms with Crippen molar-refractivity contribution in [3.63, 3.8) is 0 Å². The third kappa shape index (κ3) is 3.61. The largest absolute Gasteiger partial charge is 0.381 e. The van der Waals surface area contributed by atoms with E-state index in [0.29, 0.717) is 11.0 Å². The molecular formula is C16H17BrN2O2. The number of rotatable bonds is 4. The molecule has 21 heavy (non-hydrogen) atoms. The minimum atomic E-state index is -0.379. The van der Waals surface area contributed by atoms with Gasteiger partial charge in [0.05, 0.1) is 9.40 Å². The number of anilines is 1. The van der Waals surface area contributed by atoms with Crippen LogP contribution in [-0.4, -0.2) is 4.92 Å². The minimum Gasteiger partial charge on any atom is -0.381 e. The van der Waals surface area contributed by atoms with Crippen LogP contribution in [-0.2, 0) is 6.54 Å². The number of aryl methyl sites for hydroxylation is 3. The molecule has 1 N–H and O–H groups in total. The van der Waals surface area contributed by atoms with E-state index in [1.165, 1.54) is 16.7 Å². The van der Waals surface area contributed by atoms with Crippen LogP contribution in [0, 0.1) is 30.9 Å². The van der Waals surface area contributed by atoms with Crippen molar-refractivity contribution in [2.75, 3.05) is 5.32 Å². The molecule has 0 aromatic heterocycles. The highest BCUT2D eigenvalue weighted by atomic mass is 79.9. The molecule has 5 heteroatoms. The molecule has 0 fully saturated rings. The summed E-state index contributed by atoms with van der Waals surface area (Å²) in [7, 11) is 0. The lowest BCUT2D eigenvalue weighted by atomic mass is 10.0. The molecule has 0 aliphatic carbocycles. The van der Waals surface area contributed by atoms with Gasteiger partial charge < -0.3 is 5.32 Å². The van der Waals surface area contributed by atoms with Crippen LogP contribution >= 0.6 is 15.9 Å². The second kappa shape index (κ2) is 6.26. The number of hydrogen-bond acceptors (Lipinski definition) is 3. The van der Waals surface area contributed by atoms with Crippen molar-refractivity contribution >= 4 is 27.3 Å². The van der Waals surface area contributed by atoms with Crippen LogP contribution in [0.1, 0.15) is 22.3 Å². The van der Waals surface area contributed by atoms with Gasteiger partial charge in [-0.25, -0.2) is 0 Å². The summed E-state index contributed by atoms with van der Waals surface area (Å²) in [6, 6.07) is 9.43. The SMILES string of the molecule is Cc1cc(C)c(NCc2ccc(Br)c([N+](=O)[O-])c2)c(C)c1. The molecule has 2 aromatic rings. The zero-order valence-electron chi connectivity index (χ0n) is 12.2. The molecule has 0 spiro atoms. The van der Waals surface area contributed by atoms with Crippen molar-refractivity contribution in [2.45, 2.75) is 27.3 Å². The van der Waals surface area contributed by atoms with Crippen molar-refractivity contribution in [2.24, 2.45) is 0 Å². The number of nitro benzene ring substituents is 1. The summed E-state index contributed by atoms with van der Waals surface area (Å²) in [5.41, 5.74) is 5.65. The van der Waals surface area contributed by atoms with Gasteiger partial charge in [-0.05, 0) is 59.5 Å². The lowest BCUT2D eigenvalue weighted by Gasteiger charge is -2.14. The average Bonchev–Trinajstić information content (AvgIpc) is 2.38. The number of nitrogens with zero attached hydrogens (tertiary/aromatic N) is 1. The van der Waals surface area contributed by atoms with Crippen LogP contribution in [0.2, 0.25) is 0 Å². The van der Waals surface area contributed by atoms with Crippen LogP contribution in [0.5, 0.6) is 0 Å². The third-order valence-electron chi connectivity index (χ3n) is 3.35. The zero-order chi connectivity index (χ0) is 15.6. The Kier molecular flexibility index (Phi) is 4.63. The van der Waals surface area contributed by atoms with Gasteiger partial charge in [-0.2, -0.15) is 0 Å². The van der Waals surface area contributed by atoms with E-state index in [4.69, 9.17) is 0 Å². The maximum absolute atomic E-state index is 10.9. The molecule has 0 unspecified atom stereocenters. The number of hydrogen-bond donors (Lipinski definition) is 1. The summed E-state index contributed by atoms with van der Waals surface area (Å²) in [5.74, 6) is 0. The molecule has 0 aliphatic heterocycles. The monoisotopic (exact) mass is 348 g/mol. The Hall–Kier alpha value is -1.88. The van der Waals surface area contributed by atoms with Crippen LogP contribution in [0.4, 0.5) is 11.4 Å². The summed E-state index contributed by atoms with van der Waals surface area (Å²) < 4.78 is 0.499. The summed E-state index contributed by atoms with van der Waals surface area (Å²) in [4.78, 5) is 10.6. The molecule has 0 amide bonds. The van der Waals surface area contributed by atoms with E-state index in [1.54, 1.807) is 12.1 Å². The van der Waals surface area contributed by atoms with E-state index in [9.17, 15) is 10.1 Å². The van der Waals surface area contributed by atoms with Crippen molar-refractivity contribution in [1.82, 2.24) is 0 Å². The van der Waals surface area contributed by atoms with E-state index in [1.807, 2.05) is 6.07 Å². The first-order valence-electron chi connectivity index (χ1n) is 6.63. The van der Waals surface area contributed by atoms with Gasteiger partial charge in [0.2, 0.25) is 0 Å². The van der Waals surface area contributed by atoms with E-state index in [2.05, 4.69) is 54.2 Å². The fourth-order valence-electron chi connectivity index (χ4n) is 2.46. The molecule has 4 nitrogen and oxygen atoms in total. The maximum atomic E-state index is 10.9. The van der Waals surface area contributed by atoms with Crippen LogP contribution in [0.3, 0.4) is 0 Å². The average molecular weight is 349 g/mol. The second-order valence-corrected chi connectivity index (χ2v) is 6.02. The predicted molar refractivity (Wildman–Crippen MR) is 88.8 cm³/mol. The topological polar surface area (TPSA) is 55.2 Å². The molecule has 0 bridgehead atoms. The fourth-order valence-corrected chi connectivity index (χ4v) is 2.85. The standard InChI is InChI=1S/C16H17BrN2O2/c1-10-6-11(2)16(12(3)7-10)18-9-13-4-5-14(17)15(8-13)19(20)21/h4-8,18H,9H2,1-3H3. The van der Waals surface area contributed by atoms with E-state index in [0.717, 1.165) is 11.3 Å². The first-order chi connectivity index (χ1) is 9.88. The quantitative estimate of drug-likeness (QED) is 0.631. The third-order valence-corrected chi connectivity index (χ3v) is 4.02. The highest BCUT2D eigenvalue weighted by Gasteiger charge is 2.12. The van der Waals surface area contributed by atoms with Crippen molar-refractivity contribution in [3.8, 4) is 0 Å². The Morgan fingerprint density at radius 3 is 2.33 bits per heavy atom. The smallest absolute Gasteiger partial charge is 0.283 e. The lowest BCUT2D eigenvalue weighted by molar-refractivity contribution is -0.385. The lowest BCUT2D eigenvalue weighted by Crippen LogP contribution is -2.04. The van der Waals surface area contributed by atoms with E-state index >= 15 is 0 Å². The molecule has 2 rings (SSSR count). The summed E-state index contributed by atoms with van der Waals surface area (Å²) >= 11 is 3.20. The van der Waals surface area contributed by atoms with Gasteiger partial charge in [-0.15, -0.1) is 0 Å². The Bertz CT molecular complexity index is 676. The Balaban J connectivity index is 2.21. The van der Waals surface area contributed by atoms with Crippen LogP contribution in [0.25, 0.3) is 0 Å². The summed E-state index contributed by atoms with van der Waals surface area (Å²) in [6.07, 6.45) is 0. The molecule has 0 atom stereocenters. The van der Waals surface area contributed by atoms with Gasteiger partial charge >= 0.3 is 0 Å². The van der Waals surface area contributed by atoms with Crippen molar-refractivity contribution in [1.29, 1.82) is 0 Å². The fraction of sp³-hybridized carbons (Fsp3) is 0.250.